The number of halogens is 1. The van der Waals surface area contributed by atoms with Crippen molar-refractivity contribution < 1.29 is 4.79 Å². The van der Waals surface area contributed by atoms with E-state index in [-0.39, 0.29) is 18.3 Å². The Morgan fingerprint density at radius 3 is 2.68 bits per heavy atom. The van der Waals surface area contributed by atoms with E-state index in [1.807, 2.05) is 42.3 Å². The molecule has 0 saturated carbocycles. The van der Waals surface area contributed by atoms with Crippen molar-refractivity contribution in [2.24, 2.45) is 0 Å². The van der Waals surface area contributed by atoms with E-state index in [0.717, 1.165) is 43.3 Å². The summed E-state index contributed by atoms with van der Waals surface area (Å²) in [6, 6.07) is 14.5. The zero-order chi connectivity index (χ0) is 14.7. The molecule has 2 aromatic carbocycles. The average molecular weight is 319 g/mol. The summed E-state index contributed by atoms with van der Waals surface area (Å²) in [6.07, 6.45) is 3.26. The van der Waals surface area contributed by atoms with Crippen molar-refractivity contribution in [3.05, 3.63) is 48.0 Å². The lowest BCUT2D eigenvalue weighted by atomic mass is 10.0. The molecule has 1 saturated heterocycles. The quantitative estimate of drug-likeness (QED) is 0.919. The molecule has 1 heterocycles. The van der Waals surface area contributed by atoms with E-state index >= 15 is 0 Å². The van der Waals surface area contributed by atoms with Gasteiger partial charge in [0.15, 0.2) is 0 Å². The van der Waals surface area contributed by atoms with Crippen LogP contribution in [0.25, 0.3) is 10.8 Å². The monoisotopic (exact) mass is 318 g/mol. The van der Waals surface area contributed by atoms with Crippen molar-refractivity contribution in [1.29, 1.82) is 0 Å². The fourth-order valence-corrected chi connectivity index (χ4v) is 3.08. The average Bonchev–Trinajstić information content (AvgIpc) is 2.82. The minimum Gasteiger partial charge on any atom is -0.339 e. The third-order valence-electron chi connectivity index (χ3n) is 4.41. The van der Waals surface area contributed by atoms with Gasteiger partial charge < -0.3 is 10.2 Å². The molecule has 3 nitrogen and oxygen atoms in total. The standard InChI is InChI=1S/C18H22N2O.ClH/c1-20(17-7-4-11-19-12-10-17)18(21)16-9-8-14-5-2-3-6-15(14)13-16;/h2-3,5-6,8-9,13,17,19H,4,7,10-12H2,1H3;1H. The lowest BCUT2D eigenvalue weighted by Gasteiger charge is -2.27. The molecule has 0 spiro atoms. The van der Waals surface area contributed by atoms with Crippen molar-refractivity contribution in [3.63, 3.8) is 0 Å². The molecule has 0 radical (unpaired) electrons. The van der Waals surface area contributed by atoms with Crippen LogP contribution in [0.5, 0.6) is 0 Å². The van der Waals surface area contributed by atoms with Crippen LogP contribution in [0.4, 0.5) is 0 Å². The number of benzene rings is 2. The van der Waals surface area contributed by atoms with Crippen LogP contribution in [0.15, 0.2) is 42.5 Å². The van der Waals surface area contributed by atoms with E-state index < -0.39 is 0 Å². The van der Waals surface area contributed by atoms with E-state index in [2.05, 4.69) is 17.4 Å². The highest BCUT2D eigenvalue weighted by Gasteiger charge is 2.22. The maximum Gasteiger partial charge on any atom is 0.253 e. The largest absolute Gasteiger partial charge is 0.339 e. The predicted molar refractivity (Wildman–Crippen MR) is 93.8 cm³/mol. The second-order valence-corrected chi connectivity index (χ2v) is 5.81. The number of nitrogens with zero attached hydrogens (tertiary/aromatic N) is 1. The molecular weight excluding hydrogens is 296 g/mol. The van der Waals surface area contributed by atoms with E-state index in [4.69, 9.17) is 0 Å². The Hall–Kier alpha value is -1.58. The Morgan fingerprint density at radius 1 is 1.09 bits per heavy atom. The number of fused-ring (bicyclic) bond motifs is 1. The first-order valence-electron chi connectivity index (χ1n) is 7.72. The molecular formula is C18H23ClN2O. The van der Waals surface area contributed by atoms with Crippen molar-refractivity contribution >= 4 is 29.1 Å². The summed E-state index contributed by atoms with van der Waals surface area (Å²) in [5.74, 6) is 0.132. The second kappa shape index (κ2) is 7.61. The number of carbonyl (C=O) groups is 1. The summed E-state index contributed by atoms with van der Waals surface area (Å²) in [5.41, 5.74) is 0.786. The van der Waals surface area contributed by atoms with Crippen molar-refractivity contribution in [2.75, 3.05) is 20.1 Å². The Morgan fingerprint density at radius 2 is 1.86 bits per heavy atom. The van der Waals surface area contributed by atoms with Crippen LogP contribution < -0.4 is 5.32 Å². The Bertz CT molecular complexity index is 636. The summed E-state index contributed by atoms with van der Waals surface area (Å²) in [4.78, 5) is 14.6. The fourth-order valence-electron chi connectivity index (χ4n) is 3.08. The summed E-state index contributed by atoms with van der Waals surface area (Å²) in [5, 5.41) is 5.70. The molecule has 0 aliphatic carbocycles. The molecule has 2 aromatic rings. The lowest BCUT2D eigenvalue weighted by Crippen LogP contribution is -2.37. The van der Waals surface area contributed by atoms with Crippen LogP contribution in [-0.2, 0) is 0 Å². The summed E-state index contributed by atoms with van der Waals surface area (Å²) in [7, 11) is 1.94. The number of hydrogen-bond donors (Lipinski definition) is 1. The van der Waals surface area contributed by atoms with Gasteiger partial charge in [0.2, 0.25) is 0 Å². The molecule has 3 rings (SSSR count). The third-order valence-corrected chi connectivity index (χ3v) is 4.41. The highest BCUT2D eigenvalue weighted by Crippen LogP contribution is 2.19. The highest BCUT2D eigenvalue weighted by molar-refractivity contribution is 5.98. The predicted octanol–water partition coefficient (Wildman–Crippen LogP) is 3.48. The second-order valence-electron chi connectivity index (χ2n) is 5.81. The van der Waals surface area contributed by atoms with Gasteiger partial charge in [-0.3, -0.25) is 4.79 Å². The molecule has 0 bridgehead atoms. The van der Waals surface area contributed by atoms with Gasteiger partial charge in [0.25, 0.3) is 5.91 Å². The molecule has 1 unspecified atom stereocenters. The van der Waals surface area contributed by atoms with Crippen LogP contribution in [-0.4, -0.2) is 37.0 Å². The molecule has 1 amide bonds. The van der Waals surface area contributed by atoms with Crippen LogP contribution in [0.1, 0.15) is 29.6 Å². The molecule has 0 aromatic heterocycles. The van der Waals surface area contributed by atoms with Gasteiger partial charge in [-0.25, -0.2) is 0 Å². The Balaban J connectivity index is 0.00000176. The maximum absolute atomic E-state index is 12.7. The first-order valence-corrected chi connectivity index (χ1v) is 7.72. The zero-order valence-electron chi connectivity index (χ0n) is 12.9. The van der Waals surface area contributed by atoms with E-state index in [9.17, 15) is 4.79 Å². The summed E-state index contributed by atoms with van der Waals surface area (Å²) >= 11 is 0. The van der Waals surface area contributed by atoms with Gasteiger partial charge in [0, 0.05) is 18.7 Å². The van der Waals surface area contributed by atoms with Crippen LogP contribution in [0, 0.1) is 0 Å². The SMILES string of the molecule is CN(C(=O)c1ccc2ccccc2c1)C1CCCNCC1.Cl. The van der Waals surface area contributed by atoms with E-state index in [1.54, 1.807) is 0 Å². The van der Waals surface area contributed by atoms with E-state index in [1.165, 1.54) is 5.39 Å². The van der Waals surface area contributed by atoms with Crippen LogP contribution in [0.2, 0.25) is 0 Å². The number of hydrogen-bond acceptors (Lipinski definition) is 2. The number of amides is 1. The molecule has 1 N–H and O–H groups in total. The van der Waals surface area contributed by atoms with Gasteiger partial charge >= 0.3 is 0 Å². The Labute approximate surface area is 138 Å². The Kier molecular flexibility index (Phi) is 5.81. The fraction of sp³-hybridized carbons (Fsp3) is 0.389. The molecule has 4 heteroatoms. The minimum absolute atomic E-state index is 0. The number of carbonyl (C=O) groups excluding carboxylic acids is 1. The smallest absolute Gasteiger partial charge is 0.253 e. The first kappa shape index (κ1) is 16.8. The molecule has 118 valence electrons. The zero-order valence-corrected chi connectivity index (χ0v) is 13.7. The lowest BCUT2D eigenvalue weighted by molar-refractivity contribution is 0.0720. The summed E-state index contributed by atoms with van der Waals surface area (Å²) in [6.45, 7) is 2.06. The normalized spacial score (nSPS) is 18.3. The topological polar surface area (TPSA) is 32.3 Å². The molecule has 1 aliphatic rings. The third kappa shape index (κ3) is 3.60. The van der Waals surface area contributed by atoms with E-state index in [0.29, 0.717) is 6.04 Å². The van der Waals surface area contributed by atoms with Crippen molar-refractivity contribution in [2.45, 2.75) is 25.3 Å². The van der Waals surface area contributed by atoms with Gasteiger partial charge in [0.1, 0.15) is 0 Å². The van der Waals surface area contributed by atoms with Gasteiger partial charge in [-0.15, -0.1) is 12.4 Å². The molecule has 22 heavy (non-hydrogen) atoms. The number of rotatable bonds is 2. The van der Waals surface area contributed by atoms with Crippen molar-refractivity contribution in [3.8, 4) is 0 Å². The van der Waals surface area contributed by atoms with Gasteiger partial charge in [0.05, 0.1) is 0 Å². The molecule has 1 aliphatic heterocycles. The van der Waals surface area contributed by atoms with Gasteiger partial charge in [-0.1, -0.05) is 30.3 Å². The van der Waals surface area contributed by atoms with Crippen LogP contribution >= 0.6 is 12.4 Å². The number of nitrogens with one attached hydrogen (secondary N) is 1. The van der Waals surface area contributed by atoms with Gasteiger partial charge in [-0.2, -0.15) is 0 Å². The minimum atomic E-state index is 0. The highest BCUT2D eigenvalue weighted by atomic mass is 35.5. The van der Waals surface area contributed by atoms with Gasteiger partial charge in [-0.05, 0) is 55.3 Å². The van der Waals surface area contributed by atoms with Crippen LogP contribution in [0.3, 0.4) is 0 Å². The van der Waals surface area contributed by atoms with Crippen molar-refractivity contribution in [1.82, 2.24) is 10.2 Å². The first-order chi connectivity index (χ1) is 10.3. The maximum atomic E-state index is 12.7. The summed E-state index contributed by atoms with van der Waals surface area (Å²) < 4.78 is 0. The molecule has 1 atom stereocenters. The molecule has 1 fully saturated rings.